The fraction of sp³-hybridized carbons (Fsp3) is 0.444. The van der Waals surface area contributed by atoms with Gasteiger partial charge < -0.3 is 25.2 Å². The van der Waals surface area contributed by atoms with Gasteiger partial charge in [0.2, 0.25) is 5.91 Å². The molecule has 1 aliphatic heterocycles. The van der Waals surface area contributed by atoms with E-state index >= 15 is 0 Å². The Labute approximate surface area is 204 Å². The largest absolute Gasteiger partial charge is 0.479 e. The number of carbonyl (C=O) groups excluding carboxylic acids is 2. The first-order chi connectivity index (χ1) is 17.0. The van der Waals surface area contributed by atoms with Crippen LogP contribution in [0.3, 0.4) is 0 Å². The number of alkyl carbamates (subject to hydrolysis) is 1. The SMILES string of the molecule is O=C(NC1CCCC1C(=O)NCC1CCOC1C(=O)O)OCC1c2ccccc2-c2ccccc21. The van der Waals surface area contributed by atoms with Crippen LogP contribution >= 0.6 is 0 Å². The zero-order valence-electron chi connectivity index (χ0n) is 19.4. The van der Waals surface area contributed by atoms with E-state index in [1.54, 1.807) is 0 Å². The van der Waals surface area contributed by atoms with Crippen molar-refractivity contribution in [3.05, 3.63) is 59.7 Å². The molecule has 1 saturated carbocycles. The second-order valence-electron chi connectivity index (χ2n) is 9.54. The minimum Gasteiger partial charge on any atom is -0.479 e. The molecule has 8 heteroatoms. The molecule has 1 heterocycles. The monoisotopic (exact) mass is 478 g/mol. The zero-order chi connectivity index (χ0) is 24.4. The van der Waals surface area contributed by atoms with Gasteiger partial charge in [0.25, 0.3) is 0 Å². The second-order valence-corrected chi connectivity index (χ2v) is 9.54. The highest BCUT2D eigenvalue weighted by molar-refractivity contribution is 5.81. The molecule has 2 fully saturated rings. The van der Waals surface area contributed by atoms with E-state index in [4.69, 9.17) is 9.47 Å². The van der Waals surface area contributed by atoms with E-state index in [-0.39, 0.29) is 42.9 Å². The number of aliphatic carboxylic acids is 1. The first-order valence-corrected chi connectivity index (χ1v) is 12.3. The van der Waals surface area contributed by atoms with Crippen molar-refractivity contribution in [2.45, 2.75) is 43.7 Å². The number of ether oxygens (including phenoxy) is 2. The predicted octanol–water partition coefficient (Wildman–Crippen LogP) is 3.30. The molecule has 5 rings (SSSR count). The molecule has 4 unspecified atom stereocenters. The smallest absolute Gasteiger partial charge is 0.407 e. The van der Waals surface area contributed by atoms with Crippen LogP contribution < -0.4 is 10.6 Å². The summed E-state index contributed by atoms with van der Waals surface area (Å²) in [6.07, 6.45) is 1.40. The van der Waals surface area contributed by atoms with Gasteiger partial charge in [-0.05, 0) is 41.5 Å². The van der Waals surface area contributed by atoms with Crippen molar-refractivity contribution in [1.82, 2.24) is 10.6 Å². The summed E-state index contributed by atoms with van der Waals surface area (Å²) in [6, 6.07) is 16.0. The molecular weight excluding hydrogens is 448 g/mol. The molecular formula is C27H30N2O6. The second kappa shape index (κ2) is 10.1. The first kappa shape index (κ1) is 23.4. The highest BCUT2D eigenvalue weighted by Gasteiger charge is 2.38. The van der Waals surface area contributed by atoms with Crippen molar-refractivity contribution in [1.29, 1.82) is 0 Å². The van der Waals surface area contributed by atoms with Gasteiger partial charge in [0, 0.05) is 31.0 Å². The number of carbonyl (C=O) groups is 3. The Bertz CT molecular complexity index is 1070. The summed E-state index contributed by atoms with van der Waals surface area (Å²) < 4.78 is 10.9. The molecule has 35 heavy (non-hydrogen) atoms. The fourth-order valence-corrected chi connectivity index (χ4v) is 5.72. The summed E-state index contributed by atoms with van der Waals surface area (Å²) in [5.74, 6) is -1.79. The lowest BCUT2D eigenvalue weighted by molar-refractivity contribution is -0.149. The molecule has 8 nitrogen and oxygen atoms in total. The summed E-state index contributed by atoms with van der Waals surface area (Å²) in [5, 5.41) is 15.0. The van der Waals surface area contributed by atoms with Crippen LogP contribution in [0.2, 0.25) is 0 Å². The van der Waals surface area contributed by atoms with Crippen LogP contribution in [0.15, 0.2) is 48.5 Å². The molecule has 2 aromatic rings. The molecule has 2 aromatic carbocycles. The van der Waals surface area contributed by atoms with E-state index in [1.165, 1.54) is 11.1 Å². The highest BCUT2D eigenvalue weighted by Crippen LogP contribution is 2.44. The van der Waals surface area contributed by atoms with Gasteiger partial charge in [-0.2, -0.15) is 0 Å². The van der Waals surface area contributed by atoms with Crippen LogP contribution in [0, 0.1) is 11.8 Å². The number of carboxylic acid groups (broad SMARTS) is 1. The number of carboxylic acids is 1. The third-order valence-electron chi connectivity index (χ3n) is 7.50. The Morgan fingerprint density at radius 3 is 2.34 bits per heavy atom. The van der Waals surface area contributed by atoms with Crippen LogP contribution in [-0.4, -0.2) is 55.0 Å². The topological polar surface area (TPSA) is 114 Å². The molecule has 0 spiro atoms. The first-order valence-electron chi connectivity index (χ1n) is 12.3. The molecule has 0 aromatic heterocycles. The van der Waals surface area contributed by atoms with E-state index < -0.39 is 18.2 Å². The lowest BCUT2D eigenvalue weighted by Crippen LogP contribution is -2.46. The fourth-order valence-electron chi connectivity index (χ4n) is 5.72. The van der Waals surface area contributed by atoms with Gasteiger partial charge in [-0.1, -0.05) is 55.0 Å². The van der Waals surface area contributed by atoms with E-state index in [0.29, 0.717) is 25.9 Å². The third kappa shape index (κ3) is 4.75. The molecule has 3 N–H and O–H groups in total. The standard InChI is InChI=1S/C27H30N2O6/c30-25(28-14-16-12-13-34-24(16)26(31)32)21-10-5-11-23(21)29-27(33)35-15-22-19-8-3-1-6-17(19)18-7-2-4-9-20(18)22/h1-4,6-9,16,21-24H,5,10-15H2,(H,28,30)(H,29,33)(H,31,32). The molecule has 4 atom stereocenters. The van der Waals surface area contributed by atoms with Crippen molar-refractivity contribution in [2.24, 2.45) is 11.8 Å². The molecule has 184 valence electrons. The van der Waals surface area contributed by atoms with Crippen LogP contribution in [0.1, 0.15) is 42.7 Å². The van der Waals surface area contributed by atoms with Gasteiger partial charge in [0.15, 0.2) is 6.10 Å². The molecule has 0 radical (unpaired) electrons. The van der Waals surface area contributed by atoms with E-state index in [1.807, 2.05) is 24.3 Å². The normalized spacial score (nSPS) is 25.0. The minimum atomic E-state index is -1.00. The van der Waals surface area contributed by atoms with Crippen molar-refractivity contribution in [2.75, 3.05) is 19.8 Å². The Hall–Kier alpha value is -3.39. The summed E-state index contributed by atoms with van der Waals surface area (Å²) >= 11 is 0. The number of benzene rings is 2. The van der Waals surface area contributed by atoms with Crippen molar-refractivity contribution < 1.29 is 29.0 Å². The molecule has 3 aliphatic rings. The maximum absolute atomic E-state index is 12.8. The van der Waals surface area contributed by atoms with Gasteiger partial charge in [0.05, 0.1) is 5.92 Å². The van der Waals surface area contributed by atoms with E-state index in [2.05, 4.69) is 34.9 Å². The number of hydrogen-bond acceptors (Lipinski definition) is 5. The molecule has 2 aliphatic carbocycles. The summed E-state index contributed by atoms with van der Waals surface area (Å²) in [5.41, 5.74) is 4.63. The summed E-state index contributed by atoms with van der Waals surface area (Å²) in [6.45, 7) is 0.860. The Morgan fingerprint density at radius 2 is 1.66 bits per heavy atom. The lowest BCUT2D eigenvalue weighted by atomic mass is 9.98. The average molecular weight is 479 g/mol. The molecule has 1 saturated heterocycles. The number of amides is 2. The van der Waals surface area contributed by atoms with Gasteiger partial charge in [-0.25, -0.2) is 9.59 Å². The van der Waals surface area contributed by atoms with Gasteiger partial charge >= 0.3 is 12.1 Å². The number of nitrogens with one attached hydrogen (secondary N) is 2. The van der Waals surface area contributed by atoms with Gasteiger partial charge in [0.1, 0.15) is 6.61 Å². The van der Waals surface area contributed by atoms with Crippen LogP contribution in [-0.2, 0) is 19.1 Å². The maximum atomic E-state index is 12.8. The number of hydrogen-bond donors (Lipinski definition) is 3. The maximum Gasteiger partial charge on any atom is 0.407 e. The van der Waals surface area contributed by atoms with Gasteiger partial charge in [-0.3, -0.25) is 4.79 Å². The quantitative estimate of drug-likeness (QED) is 0.563. The van der Waals surface area contributed by atoms with Crippen molar-refractivity contribution >= 4 is 18.0 Å². The third-order valence-corrected chi connectivity index (χ3v) is 7.50. The van der Waals surface area contributed by atoms with E-state index in [9.17, 15) is 19.5 Å². The molecule has 0 bridgehead atoms. The summed E-state index contributed by atoms with van der Waals surface area (Å²) in [4.78, 5) is 36.8. The predicted molar refractivity (Wildman–Crippen MR) is 128 cm³/mol. The lowest BCUT2D eigenvalue weighted by Gasteiger charge is -2.22. The van der Waals surface area contributed by atoms with Crippen LogP contribution in [0.4, 0.5) is 4.79 Å². The highest BCUT2D eigenvalue weighted by atomic mass is 16.5. The molecule has 2 amide bonds. The zero-order valence-corrected chi connectivity index (χ0v) is 19.4. The van der Waals surface area contributed by atoms with Crippen LogP contribution in [0.5, 0.6) is 0 Å². The average Bonchev–Trinajstić information content (AvgIpc) is 3.59. The number of rotatable bonds is 7. The Balaban J connectivity index is 1.15. The van der Waals surface area contributed by atoms with Crippen molar-refractivity contribution in [3.63, 3.8) is 0 Å². The Morgan fingerprint density at radius 1 is 0.971 bits per heavy atom. The minimum absolute atomic E-state index is 0.0216. The van der Waals surface area contributed by atoms with Crippen molar-refractivity contribution in [3.8, 4) is 11.1 Å². The summed E-state index contributed by atoms with van der Waals surface area (Å²) in [7, 11) is 0. The Kier molecular flexibility index (Phi) is 6.72. The van der Waals surface area contributed by atoms with E-state index in [0.717, 1.165) is 17.5 Å². The van der Waals surface area contributed by atoms with Gasteiger partial charge in [-0.15, -0.1) is 0 Å². The number of fused-ring (bicyclic) bond motifs is 3. The van der Waals surface area contributed by atoms with Crippen LogP contribution in [0.25, 0.3) is 11.1 Å².